The summed E-state index contributed by atoms with van der Waals surface area (Å²) in [6, 6.07) is 12.5. The number of nitrogens with zero attached hydrogens (tertiary/aromatic N) is 1. The number of hydrogen-bond donors (Lipinski definition) is 1. The maximum atomic E-state index is 12.7. The van der Waals surface area contributed by atoms with Gasteiger partial charge in [-0.05, 0) is 31.2 Å². The Hall–Kier alpha value is -3.22. The fraction of sp³-hybridized carbons (Fsp3) is 0.333. The van der Waals surface area contributed by atoms with E-state index in [-0.39, 0.29) is 18.2 Å². The molecule has 1 heterocycles. The number of para-hydroxylation sites is 2. The molecule has 2 aromatic rings. The largest absolute Gasteiger partial charge is 0.493 e. The van der Waals surface area contributed by atoms with Gasteiger partial charge in [0.15, 0.2) is 11.5 Å². The third-order valence-corrected chi connectivity index (χ3v) is 4.60. The van der Waals surface area contributed by atoms with Crippen molar-refractivity contribution in [3.05, 3.63) is 42.5 Å². The lowest BCUT2D eigenvalue weighted by molar-refractivity contribution is -0.122. The second-order valence-corrected chi connectivity index (χ2v) is 6.37. The van der Waals surface area contributed by atoms with Crippen molar-refractivity contribution in [2.24, 2.45) is 5.92 Å². The molecule has 3 rings (SSSR count). The van der Waals surface area contributed by atoms with Crippen LogP contribution in [0.15, 0.2) is 42.5 Å². The monoisotopic (exact) mass is 384 g/mol. The molecular formula is C21H24N2O5. The molecule has 148 valence electrons. The highest BCUT2D eigenvalue weighted by Gasteiger charge is 2.36. The van der Waals surface area contributed by atoms with Crippen molar-refractivity contribution in [1.29, 1.82) is 0 Å². The molecule has 0 unspecified atom stereocenters. The molecule has 0 bridgehead atoms. The fourth-order valence-corrected chi connectivity index (χ4v) is 3.23. The molecule has 2 amide bonds. The van der Waals surface area contributed by atoms with Crippen LogP contribution in [-0.4, -0.2) is 39.2 Å². The molecule has 1 aliphatic heterocycles. The van der Waals surface area contributed by atoms with E-state index in [9.17, 15) is 9.59 Å². The third-order valence-electron chi connectivity index (χ3n) is 4.60. The summed E-state index contributed by atoms with van der Waals surface area (Å²) in [7, 11) is 3.09. The number of carbonyl (C=O) groups is 2. The van der Waals surface area contributed by atoms with Crippen LogP contribution >= 0.6 is 0 Å². The topological polar surface area (TPSA) is 77.1 Å². The van der Waals surface area contributed by atoms with E-state index < -0.39 is 5.92 Å². The number of carbonyl (C=O) groups excluding carboxylic acids is 2. The minimum atomic E-state index is -0.449. The van der Waals surface area contributed by atoms with E-state index in [1.54, 1.807) is 30.2 Å². The molecule has 0 radical (unpaired) electrons. The van der Waals surface area contributed by atoms with Gasteiger partial charge in [0.05, 0.1) is 32.4 Å². The summed E-state index contributed by atoms with van der Waals surface area (Å²) >= 11 is 0. The van der Waals surface area contributed by atoms with E-state index >= 15 is 0 Å². The van der Waals surface area contributed by atoms with Crippen LogP contribution in [0.2, 0.25) is 0 Å². The molecule has 7 heteroatoms. The van der Waals surface area contributed by atoms with Gasteiger partial charge in [-0.15, -0.1) is 0 Å². The maximum Gasteiger partial charge on any atom is 0.229 e. The first-order valence-corrected chi connectivity index (χ1v) is 9.12. The Labute approximate surface area is 164 Å². The Morgan fingerprint density at radius 3 is 2.57 bits per heavy atom. The van der Waals surface area contributed by atoms with E-state index in [4.69, 9.17) is 14.2 Å². The first-order chi connectivity index (χ1) is 13.6. The van der Waals surface area contributed by atoms with Gasteiger partial charge in [-0.25, -0.2) is 0 Å². The first kappa shape index (κ1) is 19.5. The summed E-state index contributed by atoms with van der Waals surface area (Å²) in [6.45, 7) is 2.70. The molecular weight excluding hydrogens is 360 g/mol. The molecule has 0 spiro atoms. The standard InChI is InChI=1S/C21H24N2O5/c1-4-28-17-8-6-5-7-16(17)23-13-14(11-20(23)24)21(25)22-15-9-10-18(26-2)19(12-15)27-3/h5-10,12,14H,4,11,13H2,1-3H3,(H,22,25)/t14-/m1/s1. The highest BCUT2D eigenvalue weighted by Crippen LogP contribution is 2.34. The smallest absolute Gasteiger partial charge is 0.229 e. The van der Waals surface area contributed by atoms with Gasteiger partial charge >= 0.3 is 0 Å². The lowest BCUT2D eigenvalue weighted by Gasteiger charge is -2.20. The summed E-state index contributed by atoms with van der Waals surface area (Å²) in [4.78, 5) is 26.9. The Morgan fingerprint density at radius 2 is 1.86 bits per heavy atom. The zero-order valence-corrected chi connectivity index (χ0v) is 16.2. The van der Waals surface area contributed by atoms with Crippen molar-refractivity contribution in [1.82, 2.24) is 0 Å². The van der Waals surface area contributed by atoms with Gasteiger partial charge in [0.25, 0.3) is 0 Å². The minimum absolute atomic E-state index is 0.0976. The Balaban J connectivity index is 1.72. The highest BCUT2D eigenvalue weighted by molar-refractivity contribution is 6.04. The van der Waals surface area contributed by atoms with E-state index in [1.807, 2.05) is 31.2 Å². The zero-order valence-electron chi connectivity index (χ0n) is 16.2. The van der Waals surface area contributed by atoms with Gasteiger partial charge in [0.1, 0.15) is 5.75 Å². The summed E-state index contributed by atoms with van der Waals surface area (Å²) in [6.07, 6.45) is 0.152. The van der Waals surface area contributed by atoms with Gasteiger partial charge < -0.3 is 24.4 Å². The second-order valence-electron chi connectivity index (χ2n) is 6.37. The predicted molar refractivity (Wildman–Crippen MR) is 106 cm³/mol. The molecule has 1 N–H and O–H groups in total. The molecule has 2 aromatic carbocycles. The van der Waals surface area contributed by atoms with Crippen molar-refractivity contribution in [3.8, 4) is 17.2 Å². The van der Waals surface area contributed by atoms with Crippen LogP contribution in [0.3, 0.4) is 0 Å². The number of methoxy groups -OCH3 is 2. The summed E-state index contributed by atoms with van der Waals surface area (Å²) in [5, 5.41) is 2.86. The molecule has 0 saturated carbocycles. The fourth-order valence-electron chi connectivity index (χ4n) is 3.23. The van der Waals surface area contributed by atoms with E-state index in [0.29, 0.717) is 41.8 Å². The Bertz CT molecular complexity index is 868. The van der Waals surface area contributed by atoms with Gasteiger partial charge in [-0.1, -0.05) is 12.1 Å². The summed E-state index contributed by atoms with van der Waals surface area (Å²) < 4.78 is 16.1. The molecule has 7 nitrogen and oxygen atoms in total. The average molecular weight is 384 g/mol. The number of rotatable bonds is 7. The molecule has 1 fully saturated rings. The SMILES string of the molecule is CCOc1ccccc1N1C[C@H](C(=O)Nc2ccc(OC)c(OC)c2)CC1=O. The van der Waals surface area contributed by atoms with Crippen LogP contribution in [0.5, 0.6) is 17.2 Å². The molecule has 0 aromatic heterocycles. The number of ether oxygens (including phenoxy) is 3. The van der Waals surface area contributed by atoms with Crippen molar-refractivity contribution >= 4 is 23.2 Å². The summed E-state index contributed by atoms with van der Waals surface area (Å²) in [5.41, 5.74) is 1.28. The van der Waals surface area contributed by atoms with Crippen LogP contribution in [0, 0.1) is 5.92 Å². The van der Waals surface area contributed by atoms with Crippen molar-refractivity contribution < 1.29 is 23.8 Å². The normalized spacial score (nSPS) is 16.0. The van der Waals surface area contributed by atoms with Gasteiger partial charge in [0.2, 0.25) is 11.8 Å². The lowest BCUT2D eigenvalue weighted by atomic mass is 10.1. The third kappa shape index (κ3) is 4.03. The number of hydrogen-bond acceptors (Lipinski definition) is 5. The molecule has 28 heavy (non-hydrogen) atoms. The number of anilines is 2. The number of amides is 2. The van der Waals surface area contributed by atoms with Gasteiger partial charge in [-0.2, -0.15) is 0 Å². The van der Waals surface area contributed by atoms with Crippen LogP contribution < -0.4 is 24.4 Å². The highest BCUT2D eigenvalue weighted by atomic mass is 16.5. The number of benzene rings is 2. The van der Waals surface area contributed by atoms with Crippen LogP contribution in [-0.2, 0) is 9.59 Å². The first-order valence-electron chi connectivity index (χ1n) is 9.12. The average Bonchev–Trinajstić information content (AvgIpc) is 3.10. The minimum Gasteiger partial charge on any atom is -0.493 e. The van der Waals surface area contributed by atoms with Crippen molar-refractivity contribution in [3.63, 3.8) is 0 Å². The summed E-state index contributed by atoms with van der Waals surface area (Å²) in [5.74, 6) is 0.983. The second kappa shape index (κ2) is 8.65. The van der Waals surface area contributed by atoms with Crippen LogP contribution in [0.4, 0.5) is 11.4 Å². The zero-order chi connectivity index (χ0) is 20.1. The van der Waals surface area contributed by atoms with E-state index in [2.05, 4.69) is 5.32 Å². The lowest BCUT2D eigenvalue weighted by Crippen LogP contribution is -2.28. The van der Waals surface area contributed by atoms with Crippen LogP contribution in [0.1, 0.15) is 13.3 Å². The molecule has 1 aliphatic rings. The van der Waals surface area contributed by atoms with E-state index in [0.717, 1.165) is 0 Å². The number of nitrogens with one attached hydrogen (secondary N) is 1. The molecule has 1 saturated heterocycles. The van der Waals surface area contributed by atoms with Crippen molar-refractivity contribution in [2.45, 2.75) is 13.3 Å². The van der Waals surface area contributed by atoms with Crippen LogP contribution in [0.25, 0.3) is 0 Å². The predicted octanol–water partition coefficient (Wildman–Crippen LogP) is 3.09. The maximum absolute atomic E-state index is 12.7. The molecule has 1 atom stereocenters. The van der Waals surface area contributed by atoms with E-state index in [1.165, 1.54) is 7.11 Å². The van der Waals surface area contributed by atoms with Crippen molar-refractivity contribution in [2.75, 3.05) is 37.6 Å². The van der Waals surface area contributed by atoms with Gasteiger partial charge in [0, 0.05) is 24.7 Å². The molecule has 0 aliphatic carbocycles. The quantitative estimate of drug-likeness (QED) is 0.794. The Morgan fingerprint density at radius 1 is 1.11 bits per heavy atom. The Kier molecular flexibility index (Phi) is 6.03. The van der Waals surface area contributed by atoms with Gasteiger partial charge in [-0.3, -0.25) is 9.59 Å².